The molecular weight excluding hydrogens is 232 g/mol. The van der Waals surface area contributed by atoms with Gasteiger partial charge in [-0.25, -0.2) is 0 Å². The molecule has 106 valence electrons. The van der Waals surface area contributed by atoms with Crippen molar-refractivity contribution in [1.82, 2.24) is 0 Å². The van der Waals surface area contributed by atoms with Gasteiger partial charge in [-0.3, -0.25) is 0 Å². The van der Waals surface area contributed by atoms with Crippen LogP contribution in [-0.2, 0) is 9.47 Å². The van der Waals surface area contributed by atoms with E-state index in [0.717, 1.165) is 11.1 Å². The molecule has 0 radical (unpaired) electrons. The summed E-state index contributed by atoms with van der Waals surface area (Å²) in [4.78, 5) is 0. The predicted octanol–water partition coefficient (Wildman–Crippen LogP) is 2.22. The topological polar surface area (TPSA) is 58.9 Å². The van der Waals surface area contributed by atoms with Gasteiger partial charge in [-0.15, -0.1) is 0 Å². The van der Waals surface area contributed by atoms with Crippen molar-refractivity contribution >= 4 is 0 Å². The summed E-state index contributed by atoms with van der Waals surface area (Å²) in [5.41, 5.74) is 2.02. The molecular formula is C14H26O4. The van der Waals surface area contributed by atoms with Gasteiger partial charge >= 0.3 is 0 Å². The third-order valence-electron chi connectivity index (χ3n) is 2.74. The van der Waals surface area contributed by atoms with E-state index in [9.17, 15) is 10.2 Å². The molecule has 0 saturated carbocycles. The maximum Gasteiger partial charge on any atom is 0.159 e. The molecule has 0 spiro atoms. The Hall–Kier alpha value is -0.680. The molecule has 0 aliphatic rings. The molecule has 4 atom stereocenters. The molecule has 0 fully saturated rings. The van der Waals surface area contributed by atoms with Crippen molar-refractivity contribution in [2.75, 3.05) is 7.11 Å². The second-order valence-corrected chi connectivity index (χ2v) is 4.60. The maximum absolute atomic E-state index is 9.78. The summed E-state index contributed by atoms with van der Waals surface area (Å²) in [7, 11) is 1.44. The van der Waals surface area contributed by atoms with Gasteiger partial charge in [0.1, 0.15) is 0 Å². The Labute approximate surface area is 110 Å². The third-order valence-corrected chi connectivity index (χ3v) is 2.74. The van der Waals surface area contributed by atoms with Crippen LogP contribution in [0.15, 0.2) is 23.3 Å². The average Bonchev–Trinajstić information content (AvgIpc) is 2.30. The van der Waals surface area contributed by atoms with E-state index in [4.69, 9.17) is 9.47 Å². The van der Waals surface area contributed by atoms with Crippen LogP contribution >= 0.6 is 0 Å². The first-order valence-corrected chi connectivity index (χ1v) is 6.19. The third kappa shape index (κ3) is 5.31. The normalized spacial score (nSPS) is 18.4. The second-order valence-electron chi connectivity index (χ2n) is 4.60. The van der Waals surface area contributed by atoms with Crippen molar-refractivity contribution in [3.63, 3.8) is 0 Å². The van der Waals surface area contributed by atoms with Crippen molar-refractivity contribution in [3.8, 4) is 0 Å². The van der Waals surface area contributed by atoms with Crippen LogP contribution in [-0.4, -0.2) is 36.0 Å². The molecule has 0 aromatic carbocycles. The van der Waals surface area contributed by atoms with Gasteiger partial charge in [-0.2, -0.15) is 0 Å². The van der Waals surface area contributed by atoms with E-state index in [2.05, 4.69) is 0 Å². The zero-order chi connectivity index (χ0) is 14.3. The van der Waals surface area contributed by atoms with Crippen LogP contribution in [0.4, 0.5) is 0 Å². The summed E-state index contributed by atoms with van der Waals surface area (Å²) in [6.07, 6.45) is 1.59. The summed E-state index contributed by atoms with van der Waals surface area (Å²) < 4.78 is 10.4. The first-order chi connectivity index (χ1) is 8.34. The zero-order valence-electron chi connectivity index (χ0n) is 12.2. The number of methoxy groups -OCH3 is 1. The van der Waals surface area contributed by atoms with Crippen LogP contribution < -0.4 is 0 Å². The number of aliphatic hydroxyl groups is 2. The van der Waals surface area contributed by atoms with E-state index in [-0.39, 0.29) is 5.92 Å². The Morgan fingerprint density at radius 2 is 1.72 bits per heavy atom. The van der Waals surface area contributed by atoms with Crippen molar-refractivity contribution in [3.05, 3.63) is 23.3 Å². The lowest BCUT2D eigenvalue weighted by Crippen LogP contribution is -2.36. The zero-order valence-corrected chi connectivity index (χ0v) is 12.2. The molecule has 4 heteroatoms. The van der Waals surface area contributed by atoms with Crippen molar-refractivity contribution in [2.24, 2.45) is 5.92 Å². The Morgan fingerprint density at radius 1 is 1.17 bits per heavy atom. The monoisotopic (exact) mass is 258 g/mol. The molecule has 0 aromatic heterocycles. The van der Waals surface area contributed by atoms with Crippen LogP contribution in [0.3, 0.4) is 0 Å². The number of aliphatic hydroxyl groups excluding tert-OH is 2. The van der Waals surface area contributed by atoms with Crippen LogP contribution in [0.2, 0.25) is 0 Å². The molecule has 0 rings (SSSR count). The van der Waals surface area contributed by atoms with Gasteiger partial charge in [0.15, 0.2) is 12.6 Å². The quantitative estimate of drug-likeness (QED) is 0.543. The minimum Gasteiger partial charge on any atom is -0.368 e. The van der Waals surface area contributed by atoms with Gasteiger partial charge in [0.2, 0.25) is 0 Å². The summed E-state index contributed by atoms with van der Waals surface area (Å²) in [6.45, 7) is 9.24. The Balaban J connectivity index is 5.26. The van der Waals surface area contributed by atoms with E-state index in [0.29, 0.717) is 0 Å². The highest BCUT2D eigenvalue weighted by molar-refractivity contribution is 5.28. The Morgan fingerprint density at radius 3 is 2.06 bits per heavy atom. The van der Waals surface area contributed by atoms with Gasteiger partial charge < -0.3 is 19.7 Å². The molecule has 18 heavy (non-hydrogen) atoms. The Kier molecular flexibility index (Phi) is 8.11. The lowest BCUT2D eigenvalue weighted by molar-refractivity contribution is -0.177. The van der Waals surface area contributed by atoms with Crippen molar-refractivity contribution in [1.29, 1.82) is 0 Å². The fraction of sp³-hybridized carbons (Fsp3) is 0.714. The first-order valence-electron chi connectivity index (χ1n) is 6.19. The number of allylic oxidation sites excluding steroid dienone is 2. The van der Waals surface area contributed by atoms with E-state index < -0.39 is 18.7 Å². The summed E-state index contributed by atoms with van der Waals surface area (Å²) in [5, 5.41) is 19.2. The maximum atomic E-state index is 9.78. The first kappa shape index (κ1) is 17.3. The van der Waals surface area contributed by atoms with E-state index in [1.54, 1.807) is 6.92 Å². The van der Waals surface area contributed by atoms with E-state index >= 15 is 0 Å². The molecule has 4 unspecified atom stereocenters. The molecule has 2 N–H and O–H groups in total. The van der Waals surface area contributed by atoms with Gasteiger partial charge in [0.25, 0.3) is 0 Å². The van der Waals surface area contributed by atoms with Crippen LogP contribution in [0.1, 0.15) is 34.6 Å². The van der Waals surface area contributed by atoms with Crippen LogP contribution in [0.25, 0.3) is 0 Å². The Bertz CT molecular complexity index is 290. The lowest BCUT2D eigenvalue weighted by Gasteiger charge is -2.30. The minimum atomic E-state index is -0.937. The van der Waals surface area contributed by atoms with Crippen LogP contribution in [0.5, 0.6) is 0 Å². The summed E-state index contributed by atoms with van der Waals surface area (Å²) >= 11 is 0. The fourth-order valence-electron chi connectivity index (χ4n) is 1.78. The van der Waals surface area contributed by atoms with Gasteiger partial charge in [-0.05, 0) is 33.3 Å². The van der Waals surface area contributed by atoms with Gasteiger partial charge in [-0.1, -0.05) is 24.6 Å². The molecule has 0 aromatic rings. The van der Waals surface area contributed by atoms with E-state index in [1.165, 1.54) is 7.11 Å². The molecule has 0 bridgehead atoms. The largest absolute Gasteiger partial charge is 0.368 e. The van der Waals surface area contributed by atoms with Gasteiger partial charge in [0, 0.05) is 13.0 Å². The molecule has 0 aliphatic heterocycles. The molecule has 0 heterocycles. The summed E-state index contributed by atoms with van der Waals surface area (Å²) in [5.74, 6) is -0.286. The number of rotatable bonds is 7. The SMILES string of the molecule is C/C=C\C(=C(C)C)C(OC(C)O)C(C)C(O)OC. The highest BCUT2D eigenvalue weighted by Gasteiger charge is 2.29. The van der Waals surface area contributed by atoms with Crippen molar-refractivity contribution in [2.45, 2.75) is 53.3 Å². The molecule has 4 nitrogen and oxygen atoms in total. The average molecular weight is 258 g/mol. The lowest BCUT2D eigenvalue weighted by atomic mass is 9.93. The molecule has 0 saturated heterocycles. The summed E-state index contributed by atoms with van der Waals surface area (Å²) in [6, 6.07) is 0. The smallest absolute Gasteiger partial charge is 0.159 e. The van der Waals surface area contributed by atoms with Gasteiger partial charge in [0.05, 0.1) is 6.10 Å². The molecule has 0 aliphatic carbocycles. The standard InChI is InChI=1S/C14H26O4/c1-7-8-12(9(2)3)13(18-11(5)15)10(4)14(16)17-6/h7-8,10-11,13-16H,1-6H3/b8-7-. The highest BCUT2D eigenvalue weighted by Crippen LogP contribution is 2.25. The fourth-order valence-corrected chi connectivity index (χ4v) is 1.78. The van der Waals surface area contributed by atoms with E-state index in [1.807, 2.05) is 39.8 Å². The highest BCUT2D eigenvalue weighted by atomic mass is 16.6. The number of hydrogen-bond donors (Lipinski definition) is 2. The minimum absolute atomic E-state index is 0.286. The second kappa shape index (κ2) is 8.43. The number of ether oxygens (including phenoxy) is 2. The van der Waals surface area contributed by atoms with Crippen LogP contribution in [0, 0.1) is 5.92 Å². The predicted molar refractivity (Wildman–Crippen MR) is 71.9 cm³/mol. The molecule has 0 amide bonds. The van der Waals surface area contributed by atoms with Crippen molar-refractivity contribution < 1.29 is 19.7 Å². The number of hydrogen-bond acceptors (Lipinski definition) is 4.